The molecule has 2 aromatic carbocycles. The Labute approximate surface area is 174 Å². The van der Waals surface area contributed by atoms with Crippen LogP contribution in [0.4, 0.5) is 5.69 Å². The number of hydrogen-bond donors (Lipinski definition) is 1. The third-order valence-corrected chi connectivity index (χ3v) is 5.90. The number of carbonyl (C=O) groups excluding carboxylic acids is 2. The number of aromatic nitrogens is 1. The Morgan fingerprint density at radius 2 is 1.79 bits per heavy atom. The quantitative estimate of drug-likeness (QED) is 0.530. The Bertz CT molecular complexity index is 981. The Balaban J connectivity index is 1.56. The van der Waals surface area contributed by atoms with E-state index in [2.05, 4.69) is 24.1 Å². The first-order chi connectivity index (χ1) is 14.0. The average molecular weight is 409 g/mol. The maximum Gasteiger partial charge on any atom is 0.350 e. The molecule has 5 nitrogen and oxygen atoms in total. The van der Waals surface area contributed by atoms with E-state index in [1.54, 1.807) is 6.92 Å². The average Bonchev–Trinajstić information content (AvgIpc) is 3.14. The van der Waals surface area contributed by atoms with Gasteiger partial charge in [-0.15, -0.1) is 11.3 Å². The second-order valence-electron chi connectivity index (χ2n) is 6.86. The minimum Gasteiger partial charge on any atom is -0.451 e. The summed E-state index contributed by atoms with van der Waals surface area (Å²) < 4.78 is 5.19. The van der Waals surface area contributed by atoms with E-state index in [0.29, 0.717) is 22.2 Å². The molecule has 1 aromatic heterocycles. The molecule has 6 heteroatoms. The van der Waals surface area contributed by atoms with Crippen molar-refractivity contribution < 1.29 is 14.3 Å². The molecule has 0 radical (unpaired) electrons. The van der Waals surface area contributed by atoms with Gasteiger partial charge in [0, 0.05) is 11.3 Å². The number of amides is 1. The van der Waals surface area contributed by atoms with Gasteiger partial charge in [0.15, 0.2) is 6.61 Å². The third-order valence-electron chi connectivity index (χ3n) is 4.71. The number of benzene rings is 2. The summed E-state index contributed by atoms with van der Waals surface area (Å²) in [5.41, 5.74) is 3.45. The summed E-state index contributed by atoms with van der Waals surface area (Å²) in [6, 6.07) is 17.4. The van der Waals surface area contributed by atoms with Gasteiger partial charge >= 0.3 is 5.97 Å². The smallest absolute Gasteiger partial charge is 0.350 e. The van der Waals surface area contributed by atoms with Crippen molar-refractivity contribution in [1.82, 2.24) is 4.98 Å². The van der Waals surface area contributed by atoms with E-state index in [0.717, 1.165) is 17.0 Å². The highest BCUT2D eigenvalue weighted by molar-refractivity contribution is 7.17. The zero-order chi connectivity index (χ0) is 20.8. The number of carbonyl (C=O) groups is 2. The van der Waals surface area contributed by atoms with Gasteiger partial charge in [0.25, 0.3) is 5.91 Å². The summed E-state index contributed by atoms with van der Waals surface area (Å²) in [5, 5.41) is 3.50. The van der Waals surface area contributed by atoms with Gasteiger partial charge in [-0.05, 0) is 37.0 Å². The molecule has 1 heterocycles. The molecule has 1 amide bonds. The number of esters is 1. The van der Waals surface area contributed by atoms with Crippen molar-refractivity contribution in [3.63, 3.8) is 0 Å². The van der Waals surface area contributed by atoms with E-state index in [4.69, 9.17) is 4.74 Å². The summed E-state index contributed by atoms with van der Waals surface area (Å²) in [6.07, 6.45) is 1.06. The lowest BCUT2D eigenvalue weighted by atomic mass is 9.99. The van der Waals surface area contributed by atoms with Crippen LogP contribution < -0.4 is 5.32 Å². The van der Waals surface area contributed by atoms with Crippen molar-refractivity contribution in [2.45, 2.75) is 33.1 Å². The number of hydrogen-bond acceptors (Lipinski definition) is 5. The molecule has 29 heavy (non-hydrogen) atoms. The summed E-state index contributed by atoms with van der Waals surface area (Å²) in [5.74, 6) is -0.436. The normalized spacial score (nSPS) is 11.7. The lowest BCUT2D eigenvalue weighted by molar-refractivity contribution is -0.119. The molecular formula is C23H24N2O3S. The highest BCUT2D eigenvalue weighted by Gasteiger charge is 2.18. The summed E-state index contributed by atoms with van der Waals surface area (Å²) in [7, 11) is 0. The SMILES string of the molecule is CC[C@@H](C)c1ccc(NC(=O)COC(=O)c2sc(-c3ccccc3)nc2C)cc1. The minimum atomic E-state index is -0.538. The molecule has 0 spiro atoms. The molecule has 0 saturated heterocycles. The van der Waals surface area contributed by atoms with Gasteiger partial charge in [-0.3, -0.25) is 4.79 Å². The van der Waals surface area contributed by atoms with Crippen LogP contribution >= 0.6 is 11.3 Å². The Morgan fingerprint density at radius 1 is 1.10 bits per heavy atom. The largest absolute Gasteiger partial charge is 0.451 e. The van der Waals surface area contributed by atoms with Gasteiger partial charge in [0.05, 0.1) is 5.69 Å². The molecule has 0 saturated carbocycles. The van der Waals surface area contributed by atoms with Crippen LogP contribution in [-0.4, -0.2) is 23.5 Å². The minimum absolute atomic E-state index is 0.343. The summed E-state index contributed by atoms with van der Waals surface area (Å²) in [6.45, 7) is 5.72. The number of ether oxygens (including phenoxy) is 1. The molecule has 0 aliphatic rings. The highest BCUT2D eigenvalue weighted by Crippen LogP contribution is 2.28. The van der Waals surface area contributed by atoms with Crippen LogP contribution in [0, 0.1) is 6.92 Å². The lowest BCUT2D eigenvalue weighted by Gasteiger charge is -2.10. The maximum atomic E-state index is 12.4. The Morgan fingerprint density at radius 3 is 2.45 bits per heavy atom. The second kappa shape index (κ2) is 9.47. The number of anilines is 1. The molecule has 3 rings (SSSR count). The van der Waals surface area contributed by atoms with E-state index in [-0.39, 0.29) is 12.5 Å². The Hall–Kier alpha value is -2.99. The molecular weight excluding hydrogens is 384 g/mol. The first-order valence-electron chi connectivity index (χ1n) is 9.57. The van der Waals surface area contributed by atoms with E-state index >= 15 is 0 Å². The third kappa shape index (κ3) is 5.29. The van der Waals surface area contributed by atoms with Crippen LogP contribution in [0.1, 0.15) is 47.1 Å². The molecule has 150 valence electrons. The van der Waals surface area contributed by atoms with Gasteiger partial charge in [-0.1, -0.05) is 56.3 Å². The maximum absolute atomic E-state index is 12.4. The highest BCUT2D eigenvalue weighted by atomic mass is 32.1. The molecule has 0 bridgehead atoms. The first-order valence-corrected chi connectivity index (χ1v) is 10.4. The van der Waals surface area contributed by atoms with E-state index in [1.807, 2.05) is 54.6 Å². The number of nitrogens with zero attached hydrogens (tertiary/aromatic N) is 1. The van der Waals surface area contributed by atoms with Crippen LogP contribution in [0.5, 0.6) is 0 Å². The molecule has 3 aromatic rings. The molecule has 0 unspecified atom stereocenters. The van der Waals surface area contributed by atoms with E-state index in [9.17, 15) is 9.59 Å². The van der Waals surface area contributed by atoms with Gasteiger partial charge in [0.2, 0.25) is 0 Å². The molecule has 0 aliphatic carbocycles. The topological polar surface area (TPSA) is 68.3 Å². The van der Waals surface area contributed by atoms with Crippen LogP contribution in [0.3, 0.4) is 0 Å². The van der Waals surface area contributed by atoms with Crippen molar-refractivity contribution in [1.29, 1.82) is 0 Å². The zero-order valence-electron chi connectivity index (χ0n) is 16.8. The molecule has 1 N–H and O–H groups in total. The van der Waals surface area contributed by atoms with Gasteiger partial charge in [-0.2, -0.15) is 0 Å². The predicted molar refractivity (Wildman–Crippen MR) is 116 cm³/mol. The molecule has 0 aliphatic heterocycles. The lowest BCUT2D eigenvalue weighted by Crippen LogP contribution is -2.20. The number of thiazole rings is 1. The summed E-state index contributed by atoms with van der Waals surface area (Å²) >= 11 is 1.27. The van der Waals surface area contributed by atoms with Crippen molar-refractivity contribution in [2.75, 3.05) is 11.9 Å². The van der Waals surface area contributed by atoms with E-state index < -0.39 is 5.97 Å². The zero-order valence-corrected chi connectivity index (χ0v) is 17.6. The van der Waals surface area contributed by atoms with Crippen LogP contribution in [0.2, 0.25) is 0 Å². The van der Waals surface area contributed by atoms with Crippen LogP contribution in [0.25, 0.3) is 10.6 Å². The number of aryl methyl sites for hydroxylation is 1. The van der Waals surface area contributed by atoms with Gasteiger partial charge in [0.1, 0.15) is 9.88 Å². The first kappa shape index (κ1) is 20.7. The van der Waals surface area contributed by atoms with Crippen molar-refractivity contribution >= 4 is 28.9 Å². The standard InChI is InChI=1S/C23H24N2O3S/c1-4-15(2)17-10-12-19(13-11-17)25-20(26)14-28-23(27)21-16(3)24-22(29-21)18-8-6-5-7-9-18/h5-13,15H,4,14H2,1-3H3,(H,25,26)/t15-/m1/s1. The number of nitrogens with one attached hydrogen (secondary N) is 1. The Kier molecular flexibility index (Phi) is 6.77. The van der Waals surface area contributed by atoms with Crippen LogP contribution in [0.15, 0.2) is 54.6 Å². The fourth-order valence-corrected chi connectivity index (χ4v) is 3.78. The predicted octanol–water partition coefficient (Wildman–Crippen LogP) is 5.43. The fraction of sp³-hybridized carbons (Fsp3) is 0.261. The van der Waals surface area contributed by atoms with Gasteiger partial charge in [-0.25, -0.2) is 9.78 Å². The fourth-order valence-electron chi connectivity index (χ4n) is 2.81. The van der Waals surface area contributed by atoms with Crippen molar-refractivity contribution in [3.8, 4) is 10.6 Å². The monoisotopic (exact) mass is 408 g/mol. The van der Waals surface area contributed by atoms with Crippen LogP contribution in [-0.2, 0) is 9.53 Å². The van der Waals surface area contributed by atoms with Crippen molar-refractivity contribution in [2.24, 2.45) is 0 Å². The van der Waals surface area contributed by atoms with Gasteiger partial charge < -0.3 is 10.1 Å². The summed E-state index contributed by atoms with van der Waals surface area (Å²) in [4.78, 5) is 29.4. The number of rotatable bonds is 7. The van der Waals surface area contributed by atoms with Crippen molar-refractivity contribution in [3.05, 3.63) is 70.7 Å². The molecule has 1 atom stereocenters. The molecule has 0 fully saturated rings. The van der Waals surface area contributed by atoms with E-state index in [1.165, 1.54) is 16.9 Å². The second-order valence-corrected chi connectivity index (χ2v) is 7.85.